The number of aryl methyl sites for hydroxylation is 2. The maximum Gasteiger partial charge on any atom is 0.130 e. The molecule has 0 bridgehead atoms. The lowest BCUT2D eigenvalue weighted by Crippen LogP contribution is -2.09. The molecule has 2 aromatic rings. The summed E-state index contributed by atoms with van der Waals surface area (Å²) in [4.78, 5) is 0. The van der Waals surface area contributed by atoms with Gasteiger partial charge in [0.05, 0.1) is 6.61 Å². The van der Waals surface area contributed by atoms with Gasteiger partial charge >= 0.3 is 0 Å². The van der Waals surface area contributed by atoms with Gasteiger partial charge in [0.2, 0.25) is 0 Å². The van der Waals surface area contributed by atoms with Crippen molar-refractivity contribution in [2.24, 2.45) is 5.73 Å². The zero-order valence-corrected chi connectivity index (χ0v) is 13.8. The molecule has 0 aromatic heterocycles. The highest BCUT2D eigenvalue weighted by molar-refractivity contribution is 6.31. The van der Waals surface area contributed by atoms with E-state index >= 15 is 0 Å². The molecule has 1 aliphatic rings. The predicted octanol–water partition coefficient (Wildman–Crippen LogP) is 4.87. The fourth-order valence-corrected chi connectivity index (χ4v) is 3.04. The standard InChI is InChI=1S/C16H14Cl2O.CH5N/c1-10-7-12(17)4-5-14(10)15-9-13(18)8-11-3-2-6-19-16(11)15;1-2/h4-5,7-9H,2-3,6H2,1H3;2H2,1H3. The van der Waals surface area contributed by atoms with Crippen LogP contribution in [0.25, 0.3) is 11.1 Å². The normalized spacial score (nSPS) is 12.8. The molecule has 0 amide bonds. The van der Waals surface area contributed by atoms with E-state index in [2.05, 4.69) is 12.7 Å². The maximum atomic E-state index is 6.23. The number of nitrogens with two attached hydrogens (primary N) is 1. The molecule has 112 valence electrons. The van der Waals surface area contributed by atoms with E-state index in [0.29, 0.717) is 0 Å². The highest BCUT2D eigenvalue weighted by atomic mass is 35.5. The van der Waals surface area contributed by atoms with Gasteiger partial charge in [-0.1, -0.05) is 29.3 Å². The lowest BCUT2D eigenvalue weighted by atomic mass is 9.95. The molecule has 1 aliphatic heterocycles. The van der Waals surface area contributed by atoms with Crippen molar-refractivity contribution in [1.82, 2.24) is 0 Å². The molecule has 4 heteroatoms. The molecule has 0 fully saturated rings. The second kappa shape index (κ2) is 7.17. The summed E-state index contributed by atoms with van der Waals surface area (Å²) in [6, 6.07) is 9.88. The summed E-state index contributed by atoms with van der Waals surface area (Å²) < 4.78 is 5.86. The average Bonchev–Trinajstić information content (AvgIpc) is 2.48. The molecule has 0 aliphatic carbocycles. The Hall–Kier alpha value is -1.22. The van der Waals surface area contributed by atoms with Crippen LogP contribution >= 0.6 is 23.2 Å². The lowest BCUT2D eigenvalue weighted by molar-refractivity contribution is 0.289. The summed E-state index contributed by atoms with van der Waals surface area (Å²) in [5.74, 6) is 0.973. The molecule has 0 radical (unpaired) electrons. The number of benzene rings is 2. The van der Waals surface area contributed by atoms with Gasteiger partial charge in [-0.15, -0.1) is 0 Å². The van der Waals surface area contributed by atoms with Crippen LogP contribution in [-0.4, -0.2) is 13.7 Å². The second-order valence-electron chi connectivity index (χ2n) is 4.85. The van der Waals surface area contributed by atoms with Crippen molar-refractivity contribution in [3.05, 3.63) is 51.5 Å². The van der Waals surface area contributed by atoms with E-state index in [1.54, 1.807) is 0 Å². The number of hydrogen-bond acceptors (Lipinski definition) is 2. The van der Waals surface area contributed by atoms with E-state index in [9.17, 15) is 0 Å². The highest BCUT2D eigenvalue weighted by Crippen LogP contribution is 2.40. The van der Waals surface area contributed by atoms with Crippen LogP contribution in [0.4, 0.5) is 0 Å². The summed E-state index contributed by atoms with van der Waals surface area (Å²) in [5, 5.41) is 1.51. The van der Waals surface area contributed by atoms with E-state index in [4.69, 9.17) is 27.9 Å². The van der Waals surface area contributed by atoms with Crippen molar-refractivity contribution in [3.8, 4) is 16.9 Å². The molecular formula is C17H19Cl2NO. The predicted molar refractivity (Wildman–Crippen MR) is 90.6 cm³/mol. The van der Waals surface area contributed by atoms with Crippen molar-refractivity contribution in [3.63, 3.8) is 0 Å². The van der Waals surface area contributed by atoms with Gasteiger partial charge in [-0.25, -0.2) is 0 Å². The van der Waals surface area contributed by atoms with E-state index in [1.807, 2.05) is 30.3 Å². The summed E-state index contributed by atoms with van der Waals surface area (Å²) in [6.07, 6.45) is 2.07. The van der Waals surface area contributed by atoms with Crippen LogP contribution in [0.1, 0.15) is 17.5 Å². The largest absolute Gasteiger partial charge is 0.493 e. The molecular weight excluding hydrogens is 305 g/mol. The van der Waals surface area contributed by atoms with E-state index < -0.39 is 0 Å². The van der Waals surface area contributed by atoms with Crippen LogP contribution in [0.2, 0.25) is 10.0 Å². The first-order chi connectivity index (χ1) is 10.1. The Morgan fingerprint density at radius 2 is 1.76 bits per heavy atom. The third-order valence-electron chi connectivity index (χ3n) is 3.45. The molecule has 2 N–H and O–H groups in total. The lowest BCUT2D eigenvalue weighted by Gasteiger charge is -2.21. The molecule has 21 heavy (non-hydrogen) atoms. The Balaban J connectivity index is 0.000000774. The van der Waals surface area contributed by atoms with Gasteiger partial charge in [0, 0.05) is 15.6 Å². The van der Waals surface area contributed by atoms with Crippen molar-refractivity contribution < 1.29 is 4.74 Å². The first kappa shape index (κ1) is 16.2. The van der Waals surface area contributed by atoms with Crippen molar-refractivity contribution in [2.45, 2.75) is 19.8 Å². The number of fused-ring (bicyclic) bond motifs is 1. The molecule has 0 saturated heterocycles. The smallest absolute Gasteiger partial charge is 0.130 e. The van der Waals surface area contributed by atoms with E-state index in [0.717, 1.165) is 51.9 Å². The van der Waals surface area contributed by atoms with Crippen molar-refractivity contribution in [1.29, 1.82) is 0 Å². The molecule has 0 unspecified atom stereocenters. The van der Waals surface area contributed by atoms with Gasteiger partial charge in [0.1, 0.15) is 5.75 Å². The third kappa shape index (κ3) is 3.52. The number of ether oxygens (including phenoxy) is 1. The quantitative estimate of drug-likeness (QED) is 0.812. The van der Waals surface area contributed by atoms with Gasteiger partial charge in [0.15, 0.2) is 0 Å². The topological polar surface area (TPSA) is 35.2 Å². The van der Waals surface area contributed by atoms with Crippen LogP contribution in [0, 0.1) is 6.92 Å². The van der Waals surface area contributed by atoms with E-state index in [-0.39, 0.29) is 0 Å². The first-order valence-electron chi connectivity index (χ1n) is 6.94. The zero-order chi connectivity index (χ0) is 15.4. The Kier molecular flexibility index (Phi) is 5.51. The molecule has 3 rings (SSSR count). The summed E-state index contributed by atoms with van der Waals surface area (Å²) in [7, 11) is 1.50. The minimum Gasteiger partial charge on any atom is -0.493 e. The first-order valence-corrected chi connectivity index (χ1v) is 7.70. The average molecular weight is 324 g/mol. The Morgan fingerprint density at radius 3 is 2.48 bits per heavy atom. The number of hydrogen-bond donors (Lipinski definition) is 1. The van der Waals surface area contributed by atoms with Crippen LogP contribution < -0.4 is 10.5 Å². The van der Waals surface area contributed by atoms with Crippen LogP contribution in [0.3, 0.4) is 0 Å². The van der Waals surface area contributed by atoms with Gasteiger partial charge in [-0.2, -0.15) is 0 Å². The molecule has 2 nitrogen and oxygen atoms in total. The summed E-state index contributed by atoms with van der Waals surface area (Å²) >= 11 is 12.3. The van der Waals surface area contributed by atoms with Crippen molar-refractivity contribution >= 4 is 23.2 Å². The fraction of sp³-hybridized carbons (Fsp3) is 0.294. The fourth-order valence-electron chi connectivity index (χ4n) is 2.57. The Labute approximate surface area is 135 Å². The van der Waals surface area contributed by atoms with Crippen LogP contribution in [-0.2, 0) is 6.42 Å². The number of rotatable bonds is 1. The van der Waals surface area contributed by atoms with Crippen LogP contribution in [0.5, 0.6) is 5.75 Å². The third-order valence-corrected chi connectivity index (χ3v) is 3.90. The van der Waals surface area contributed by atoms with Crippen LogP contribution in [0.15, 0.2) is 30.3 Å². The summed E-state index contributed by atoms with van der Waals surface area (Å²) in [6.45, 7) is 2.83. The molecule has 1 heterocycles. The zero-order valence-electron chi connectivity index (χ0n) is 12.2. The second-order valence-corrected chi connectivity index (χ2v) is 5.73. The Bertz CT molecular complexity index is 641. The highest BCUT2D eigenvalue weighted by Gasteiger charge is 2.18. The molecule has 0 spiro atoms. The van der Waals surface area contributed by atoms with Gasteiger partial charge in [-0.05, 0) is 67.8 Å². The minimum atomic E-state index is 0.748. The molecule has 0 atom stereocenters. The summed E-state index contributed by atoms with van der Waals surface area (Å²) in [5.41, 5.74) is 9.02. The van der Waals surface area contributed by atoms with Gasteiger partial charge in [-0.3, -0.25) is 0 Å². The minimum absolute atomic E-state index is 0.748. The Morgan fingerprint density at radius 1 is 1.00 bits per heavy atom. The maximum absolute atomic E-state index is 6.23. The van der Waals surface area contributed by atoms with Crippen molar-refractivity contribution in [2.75, 3.05) is 13.7 Å². The van der Waals surface area contributed by atoms with Gasteiger partial charge in [0.25, 0.3) is 0 Å². The van der Waals surface area contributed by atoms with Gasteiger partial charge < -0.3 is 10.5 Å². The monoisotopic (exact) mass is 323 g/mol. The number of halogens is 2. The SMILES string of the molecule is CN.Cc1cc(Cl)ccc1-c1cc(Cl)cc2c1OCCC2. The molecule has 2 aromatic carbocycles. The van der Waals surface area contributed by atoms with E-state index in [1.165, 1.54) is 12.6 Å². The molecule has 0 saturated carbocycles.